The largest absolute Gasteiger partial charge is 0.187 e. The van der Waals surface area contributed by atoms with E-state index in [0.717, 1.165) is 22.5 Å². The van der Waals surface area contributed by atoms with Crippen molar-refractivity contribution in [3.8, 4) is 11.3 Å². The first-order valence-corrected chi connectivity index (χ1v) is 6.53. The molecule has 0 atom stereocenters. The van der Waals surface area contributed by atoms with E-state index < -0.39 is 0 Å². The molecular formula is C17H15N3. The highest BCUT2D eigenvalue weighted by Gasteiger charge is 2.08. The molecule has 1 aromatic heterocycles. The van der Waals surface area contributed by atoms with E-state index in [-0.39, 0.29) is 0 Å². The monoisotopic (exact) mass is 261 g/mol. The number of hydrogen-bond donors (Lipinski definition) is 0. The second kappa shape index (κ2) is 5.53. The van der Waals surface area contributed by atoms with Crippen LogP contribution in [0.25, 0.3) is 23.4 Å². The summed E-state index contributed by atoms with van der Waals surface area (Å²) in [5.41, 5.74) is 4.01. The molecule has 0 saturated heterocycles. The van der Waals surface area contributed by atoms with Crippen molar-refractivity contribution in [1.29, 1.82) is 0 Å². The van der Waals surface area contributed by atoms with Crippen LogP contribution in [0.4, 0.5) is 0 Å². The predicted octanol–water partition coefficient (Wildman–Crippen LogP) is 3.65. The molecule has 3 nitrogen and oxygen atoms in total. The fraction of sp³-hybridized carbons (Fsp3) is 0.0588. The van der Waals surface area contributed by atoms with E-state index in [1.54, 1.807) is 4.80 Å². The van der Waals surface area contributed by atoms with E-state index in [0.29, 0.717) is 0 Å². The van der Waals surface area contributed by atoms with Crippen LogP contribution in [0.15, 0.2) is 60.7 Å². The van der Waals surface area contributed by atoms with E-state index in [1.165, 1.54) is 0 Å². The molecule has 0 aliphatic carbocycles. The molecule has 0 saturated carbocycles. The van der Waals surface area contributed by atoms with Gasteiger partial charge in [0, 0.05) is 12.6 Å². The minimum atomic E-state index is 0.877. The van der Waals surface area contributed by atoms with Crippen molar-refractivity contribution in [3.05, 3.63) is 71.9 Å². The van der Waals surface area contributed by atoms with Gasteiger partial charge in [0.25, 0.3) is 0 Å². The van der Waals surface area contributed by atoms with Crippen LogP contribution in [-0.2, 0) is 7.05 Å². The third-order valence-electron chi connectivity index (χ3n) is 3.02. The lowest BCUT2D eigenvalue weighted by molar-refractivity contribution is 0.654. The summed E-state index contributed by atoms with van der Waals surface area (Å²) in [7, 11) is 1.84. The zero-order valence-corrected chi connectivity index (χ0v) is 11.3. The molecule has 0 bridgehead atoms. The van der Waals surface area contributed by atoms with Crippen molar-refractivity contribution >= 4 is 12.2 Å². The summed E-state index contributed by atoms with van der Waals surface area (Å²) in [5, 5.41) is 8.87. The van der Waals surface area contributed by atoms with Gasteiger partial charge in [0.05, 0.1) is 0 Å². The maximum absolute atomic E-state index is 4.45. The lowest BCUT2D eigenvalue weighted by atomic mass is 10.1. The van der Waals surface area contributed by atoms with Gasteiger partial charge in [0.1, 0.15) is 11.4 Å². The summed E-state index contributed by atoms with van der Waals surface area (Å²) in [6, 6.07) is 20.3. The van der Waals surface area contributed by atoms with Crippen molar-refractivity contribution in [2.24, 2.45) is 7.05 Å². The number of aromatic nitrogens is 3. The summed E-state index contributed by atoms with van der Waals surface area (Å²) >= 11 is 0. The molecule has 3 heteroatoms. The molecule has 0 fully saturated rings. The fourth-order valence-corrected chi connectivity index (χ4v) is 2.07. The SMILES string of the molecule is Cn1nc(/C=C/c2ccccc2)c(-c2ccccc2)n1. The minimum absolute atomic E-state index is 0.877. The number of nitrogens with zero attached hydrogens (tertiary/aromatic N) is 3. The smallest absolute Gasteiger partial charge is 0.120 e. The van der Waals surface area contributed by atoms with Crippen LogP contribution in [0.2, 0.25) is 0 Å². The van der Waals surface area contributed by atoms with Crippen molar-refractivity contribution in [1.82, 2.24) is 15.0 Å². The molecule has 2 aromatic carbocycles. The van der Waals surface area contributed by atoms with Gasteiger partial charge in [-0.25, -0.2) is 0 Å². The summed E-state index contributed by atoms with van der Waals surface area (Å²) in [4.78, 5) is 1.60. The van der Waals surface area contributed by atoms with Gasteiger partial charge in [-0.05, 0) is 11.6 Å². The lowest BCUT2D eigenvalue weighted by Gasteiger charge is -1.96. The zero-order valence-electron chi connectivity index (χ0n) is 11.3. The molecular weight excluding hydrogens is 246 g/mol. The second-order valence-corrected chi connectivity index (χ2v) is 4.53. The highest BCUT2D eigenvalue weighted by molar-refractivity contribution is 5.76. The molecule has 0 unspecified atom stereocenters. The average Bonchev–Trinajstić information content (AvgIpc) is 2.88. The van der Waals surface area contributed by atoms with E-state index in [2.05, 4.69) is 28.4 Å². The lowest BCUT2D eigenvalue weighted by Crippen LogP contribution is -1.91. The van der Waals surface area contributed by atoms with E-state index in [9.17, 15) is 0 Å². The quantitative estimate of drug-likeness (QED) is 0.720. The van der Waals surface area contributed by atoms with Crippen LogP contribution in [0.5, 0.6) is 0 Å². The Labute approximate surface area is 118 Å². The molecule has 0 amide bonds. The Morgan fingerprint density at radius 3 is 2.15 bits per heavy atom. The van der Waals surface area contributed by atoms with Gasteiger partial charge in [0.15, 0.2) is 0 Å². The summed E-state index contributed by atoms with van der Waals surface area (Å²) in [5.74, 6) is 0. The topological polar surface area (TPSA) is 30.7 Å². The normalized spacial score (nSPS) is 11.1. The van der Waals surface area contributed by atoms with Gasteiger partial charge in [-0.15, -0.1) is 0 Å². The number of benzene rings is 2. The molecule has 98 valence electrons. The van der Waals surface area contributed by atoms with Crippen LogP contribution < -0.4 is 0 Å². The van der Waals surface area contributed by atoms with Gasteiger partial charge < -0.3 is 0 Å². The van der Waals surface area contributed by atoms with Gasteiger partial charge >= 0.3 is 0 Å². The number of hydrogen-bond acceptors (Lipinski definition) is 2. The Morgan fingerprint density at radius 2 is 1.45 bits per heavy atom. The highest BCUT2D eigenvalue weighted by Crippen LogP contribution is 2.21. The molecule has 0 radical (unpaired) electrons. The van der Waals surface area contributed by atoms with E-state index in [1.807, 2.05) is 61.7 Å². The van der Waals surface area contributed by atoms with E-state index >= 15 is 0 Å². The highest BCUT2D eigenvalue weighted by atomic mass is 15.5. The van der Waals surface area contributed by atoms with Gasteiger partial charge in [-0.1, -0.05) is 66.7 Å². The first-order chi connectivity index (χ1) is 9.83. The first kappa shape index (κ1) is 12.4. The third-order valence-corrected chi connectivity index (χ3v) is 3.02. The summed E-state index contributed by atoms with van der Waals surface area (Å²) in [6.07, 6.45) is 4.06. The Balaban J connectivity index is 1.97. The van der Waals surface area contributed by atoms with Crippen LogP contribution in [-0.4, -0.2) is 15.0 Å². The van der Waals surface area contributed by atoms with Crippen molar-refractivity contribution in [2.75, 3.05) is 0 Å². The maximum atomic E-state index is 4.45. The molecule has 3 rings (SSSR count). The third kappa shape index (κ3) is 2.67. The van der Waals surface area contributed by atoms with Gasteiger partial charge in [-0.3, -0.25) is 0 Å². The molecule has 3 aromatic rings. The molecule has 0 aliphatic heterocycles. The maximum Gasteiger partial charge on any atom is 0.120 e. The van der Waals surface area contributed by atoms with Crippen LogP contribution in [0, 0.1) is 0 Å². The summed E-state index contributed by atoms with van der Waals surface area (Å²) in [6.45, 7) is 0. The number of rotatable bonds is 3. The van der Waals surface area contributed by atoms with Crippen LogP contribution in [0.1, 0.15) is 11.3 Å². The second-order valence-electron chi connectivity index (χ2n) is 4.53. The molecule has 0 spiro atoms. The van der Waals surface area contributed by atoms with Crippen molar-refractivity contribution in [3.63, 3.8) is 0 Å². The zero-order chi connectivity index (χ0) is 13.8. The molecule has 0 aliphatic rings. The van der Waals surface area contributed by atoms with Crippen LogP contribution in [0.3, 0.4) is 0 Å². The van der Waals surface area contributed by atoms with E-state index in [4.69, 9.17) is 0 Å². The first-order valence-electron chi connectivity index (χ1n) is 6.53. The summed E-state index contributed by atoms with van der Waals surface area (Å²) < 4.78 is 0. The van der Waals surface area contributed by atoms with Gasteiger partial charge in [-0.2, -0.15) is 15.0 Å². The standard InChI is InChI=1S/C17H15N3/c1-20-18-16(13-12-14-8-4-2-5-9-14)17(19-20)15-10-6-3-7-11-15/h2-13H,1H3/b13-12+. The fourth-order valence-electron chi connectivity index (χ4n) is 2.07. The molecule has 0 N–H and O–H groups in total. The van der Waals surface area contributed by atoms with Crippen molar-refractivity contribution in [2.45, 2.75) is 0 Å². The number of aryl methyl sites for hydroxylation is 1. The minimum Gasteiger partial charge on any atom is -0.187 e. The molecule has 1 heterocycles. The van der Waals surface area contributed by atoms with Crippen molar-refractivity contribution < 1.29 is 0 Å². The van der Waals surface area contributed by atoms with Crippen LogP contribution >= 0.6 is 0 Å². The Morgan fingerprint density at radius 1 is 0.800 bits per heavy atom. The van der Waals surface area contributed by atoms with Gasteiger partial charge in [0.2, 0.25) is 0 Å². The predicted molar refractivity (Wildman–Crippen MR) is 81.8 cm³/mol. The Hall–Kier alpha value is -2.68. The Bertz CT molecular complexity index is 713. The average molecular weight is 261 g/mol. The molecule has 20 heavy (non-hydrogen) atoms. The Kier molecular flexibility index (Phi) is 3.42.